The highest BCUT2D eigenvalue weighted by molar-refractivity contribution is 8.00. The van der Waals surface area contributed by atoms with Crippen LogP contribution in [0.15, 0.2) is 52.3 Å². The molecule has 10 heteroatoms. The van der Waals surface area contributed by atoms with Crippen LogP contribution in [0.2, 0.25) is 0 Å². The smallest absolute Gasteiger partial charge is 0.247 e. The van der Waals surface area contributed by atoms with E-state index in [1.165, 1.54) is 27.0 Å². The zero-order chi connectivity index (χ0) is 22.3. The summed E-state index contributed by atoms with van der Waals surface area (Å²) in [6.07, 6.45) is 0.782. The summed E-state index contributed by atoms with van der Waals surface area (Å²) in [7, 11) is -3.71. The van der Waals surface area contributed by atoms with E-state index >= 15 is 0 Å². The van der Waals surface area contributed by atoms with E-state index in [-0.39, 0.29) is 29.0 Å². The molecule has 0 radical (unpaired) electrons. The van der Waals surface area contributed by atoms with Crippen LogP contribution in [0.3, 0.4) is 0 Å². The number of amides is 2. The maximum absolute atomic E-state index is 13.1. The van der Waals surface area contributed by atoms with Crippen LogP contribution in [0.1, 0.15) is 5.56 Å². The van der Waals surface area contributed by atoms with Gasteiger partial charge in [0.2, 0.25) is 21.8 Å². The number of morpholine rings is 1. The zero-order valence-electron chi connectivity index (χ0n) is 17.4. The number of nitrogens with zero attached hydrogens (tertiary/aromatic N) is 3. The van der Waals surface area contributed by atoms with Crippen molar-refractivity contribution in [3.63, 3.8) is 0 Å². The molecule has 0 aliphatic carbocycles. The second-order valence-corrected chi connectivity index (χ2v) is 10.8. The Morgan fingerprint density at radius 1 is 1.03 bits per heavy atom. The van der Waals surface area contributed by atoms with Crippen molar-refractivity contribution in [2.45, 2.75) is 16.2 Å². The molecule has 0 N–H and O–H groups in total. The number of anilines is 2. The molecular formula is C22H23N3O5S2. The Labute approximate surface area is 191 Å². The van der Waals surface area contributed by atoms with Crippen molar-refractivity contribution in [1.29, 1.82) is 0 Å². The second-order valence-electron chi connectivity index (χ2n) is 7.84. The Hall–Kier alpha value is -2.40. The van der Waals surface area contributed by atoms with Crippen molar-refractivity contribution in [1.82, 2.24) is 4.31 Å². The fourth-order valence-corrected chi connectivity index (χ4v) is 6.61. The molecule has 8 nitrogen and oxygen atoms in total. The van der Waals surface area contributed by atoms with E-state index in [0.717, 1.165) is 22.6 Å². The normalized spacial score (nSPS) is 19.1. The van der Waals surface area contributed by atoms with Crippen molar-refractivity contribution in [2.75, 3.05) is 54.9 Å². The van der Waals surface area contributed by atoms with Crippen LogP contribution in [0.4, 0.5) is 11.4 Å². The molecule has 0 spiro atoms. The summed E-state index contributed by atoms with van der Waals surface area (Å²) in [6.45, 7) is 1.76. The summed E-state index contributed by atoms with van der Waals surface area (Å²) in [5.41, 5.74) is 2.46. The molecule has 2 aromatic carbocycles. The lowest BCUT2D eigenvalue weighted by Gasteiger charge is -2.31. The molecule has 1 fully saturated rings. The lowest BCUT2D eigenvalue weighted by atomic mass is 10.2. The van der Waals surface area contributed by atoms with Crippen LogP contribution in [0.25, 0.3) is 0 Å². The minimum Gasteiger partial charge on any atom is -0.379 e. The molecule has 0 unspecified atom stereocenters. The van der Waals surface area contributed by atoms with Gasteiger partial charge in [-0.25, -0.2) is 8.42 Å². The molecule has 0 saturated carbocycles. The summed E-state index contributed by atoms with van der Waals surface area (Å²) in [6, 6.07) is 12.6. The van der Waals surface area contributed by atoms with Gasteiger partial charge in [0.25, 0.3) is 0 Å². The quantitative estimate of drug-likeness (QED) is 0.672. The average Bonchev–Trinajstić information content (AvgIpc) is 3.25. The Morgan fingerprint density at radius 3 is 2.62 bits per heavy atom. The Morgan fingerprint density at radius 2 is 1.81 bits per heavy atom. The largest absolute Gasteiger partial charge is 0.379 e. The molecule has 168 valence electrons. The Kier molecular flexibility index (Phi) is 5.70. The fourth-order valence-electron chi connectivity index (χ4n) is 4.27. The van der Waals surface area contributed by atoms with Gasteiger partial charge in [-0.05, 0) is 36.2 Å². The van der Waals surface area contributed by atoms with Gasteiger partial charge in [0.1, 0.15) is 6.54 Å². The number of sulfonamides is 1. The van der Waals surface area contributed by atoms with Crippen molar-refractivity contribution < 1.29 is 22.7 Å². The molecular weight excluding hydrogens is 450 g/mol. The van der Waals surface area contributed by atoms with E-state index in [1.54, 1.807) is 17.0 Å². The maximum atomic E-state index is 13.1. The first-order valence-corrected chi connectivity index (χ1v) is 12.9. The predicted octanol–water partition coefficient (Wildman–Crippen LogP) is 1.74. The first-order chi connectivity index (χ1) is 15.4. The van der Waals surface area contributed by atoms with Crippen LogP contribution in [-0.4, -0.2) is 69.7 Å². The number of thioether (sulfide) groups is 1. The van der Waals surface area contributed by atoms with Crippen LogP contribution in [0.5, 0.6) is 0 Å². The Balaban J connectivity index is 1.43. The SMILES string of the molecule is O=C(CN1C(=O)CSc2ccc(S(=O)(=O)N3CCOCC3)cc21)N1CCc2ccccc21. The van der Waals surface area contributed by atoms with Crippen LogP contribution >= 0.6 is 11.8 Å². The van der Waals surface area contributed by atoms with Crippen LogP contribution in [-0.2, 0) is 30.8 Å². The number of hydrogen-bond donors (Lipinski definition) is 0. The van der Waals surface area contributed by atoms with Crippen molar-refractivity contribution in [3.8, 4) is 0 Å². The van der Waals surface area contributed by atoms with Gasteiger partial charge in [-0.1, -0.05) is 18.2 Å². The van der Waals surface area contributed by atoms with Gasteiger partial charge in [-0.2, -0.15) is 4.31 Å². The Bertz CT molecular complexity index is 1180. The first-order valence-electron chi connectivity index (χ1n) is 10.5. The van der Waals surface area contributed by atoms with E-state index in [2.05, 4.69) is 0 Å². The van der Waals surface area contributed by atoms with Gasteiger partial charge in [0.15, 0.2) is 0 Å². The minimum atomic E-state index is -3.71. The van der Waals surface area contributed by atoms with Crippen molar-refractivity contribution in [3.05, 3.63) is 48.0 Å². The third-order valence-electron chi connectivity index (χ3n) is 5.96. The van der Waals surface area contributed by atoms with Crippen molar-refractivity contribution >= 4 is 45.0 Å². The molecule has 3 heterocycles. The number of para-hydroxylation sites is 1. The fraction of sp³-hybridized carbons (Fsp3) is 0.364. The molecule has 5 rings (SSSR count). The zero-order valence-corrected chi connectivity index (χ0v) is 19.0. The highest BCUT2D eigenvalue weighted by Crippen LogP contribution is 2.38. The van der Waals surface area contributed by atoms with Crippen molar-refractivity contribution in [2.24, 2.45) is 0 Å². The van der Waals surface area contributed by atoms with E-state index < -0.39 is 10.0 Å². The molecule has 32 heavy (non-hydrogen) atoms. The third kappa shape index (κ3) is 3.81. The highest BCUT2D eigenvalue weighted by atomic mass is 32.2. The molecule has 0 bridgehead atoms. The standard InChI is InChI=1S/C22H23N3O5S2/c26-21(24-8-7-16-3-1-2-4-18(16)24)14-25-19-13-17(5-6-20(19)31-15-22(25)27)32(28,29)23-9-11-30-12-10-23/h1-6,13H,7-12,14-15H2. The number of carbonyl (C=O) groups is 2. The lowest BCUT2D eigenvalue weighted by molar-refractivity contribution is -0.121. The van der Waals surface area contributed by atoms with Crippen LogP contribution in [0, 0.1) is 0 Å². The number of hydrogen-bond acceptors (Lipinski definition) is 6. The number of benzene rings is 2. The highest BCUT2D eigenvalue weighted by Gasteiger charge is 2.33. The van der Waals surface area contributed by atoms with Gasteiger partial charge in [-0.3, -0.25) is 9.59 Å². The summed E-state index contributed by atoms with van der Waals surface area (Å²) in [5, 5.41) is 0. The van der Waals surface area contributed by atoms with Gasteiger partial charge < -0.3 is 14.5 Å². The molecule has 0 aromatic heterocycles. The lowest BCUT2D eigenvalue weighted by Crippen LogP contribution is -2.45. The predicted molar refractivity (Wildman–Crippen MR) is 122 cm³/mol. The topological polar surface area (TPSA) is 87.2 Å². The van der Waals surface area contributed by atoms with E-state index in [0.29, 0.717) is 38.5 Å². The number of ether oxygens (including phenoxy) is 1. The van der Waals surface area contributed by atoms with E-state index in [4.69, 9.17) is 4.74 Å². The van der Waals surface area contributed by atoms with Gasteiger partial charge >= 0.3 is 0 Å². The molecule has 3 aliphatic heterocycles. The number of rotatable bonds is 4. The maximum Gasteiger partial charge on any atom is 0.247 e. The molecule has 3 aliphatic rings. The molecule has 1 saturated heterocycles. The summed E-state index contributed by atoms with van der Waals surface area (Å²) >= 11 is 1.36. The van der Waals surface area contributed by atoms with Gasteiger partial charge in [0, 0.05) is 30.2 Å². The molecule has 2 amide bonds. The first kappa shape index (κ1) is 21.4. The van der Waals surface area contributed by atoms with Gasteiger partial charge in [-0.15, -0.1) is 11.8 Å². The molecule has 2 aromatic rings. The number of fused-ring (bicyclic) bond motifs is 2. The third-order valence-corrected chi connectivity index (χ3v) is 8.90. The summed E-state index contributed by atoms with van der Waals surface area (Å²) < 4.78 is 32.9. The second kappa shape index (κ2) is 8.51. The van der Waals surface area contributed by atoms with Gasteiger partial charge in [0.05, 0.1) is 29.5 Å². The van der Waals surface area contributed by atoms with E-state index in [9.17, 15) is 18.0 Å². The summed E-state index contributed by atoms with van der Waals surface area (Å²) in [4.78, 5) is 30.0. The number of carbonyl (C=O) groups excluding carboxylic acids is 2. The van der Waals surface area contributed by atoms with E-state index in [1.807, 2.05) is 24.3 Å². The minimum absolute atomic E-state index is 0.123. The average molecular weight is 474 g/mol. The molecule has 0 atom stereocenters. The van der Waals surface area contributed by atoms with Crippen LogP contribution < -0.4 is 9.80 Å². The monoisotopic (exact) mass is 473 g/mol. The summed E-state index contributed by atoms with van der Waals surface area (Å²) in [5.74, 6) is -0.168.